The van der Waals surface area contributed by atoms with Gasteiger partial charge in [-0.05, 0) is 30.5 Å². The molecule has 0 bridgehead atoms. The Balaban J connectivity index is 2.11. The highest BCUT2D eigenvalue weighted by atomic mass is 35.5. The molecule has 0 saturated carbocycles. The first kappa shape index (κ1) is 15.8. The van der Waals surface area contributed by atoms with Crippen LogP contribution in [0.5, 0.6) is 0 Å². The van der Waals surface area contributed by atoms with Crippen LogP contribution < -0.4 is 16.1 Å². The van der Waals surface area contributed by atoms with Crippen LogP contribution in [-0.2, 0) is 13.5 Å². The highest BCUT2D eigenvalue weighted by Crippen LogP contribution is 2.24. The van der Waals surface area contributed by atoms with E-state index in [1.807, 2.05) is 4.90 Å². The van der Waals surface area contributed by atoms with E-state index in [9.17, 15) is 14.0 Å². The van der Waals surface area contributed by atoms with Gasteiger partial charge in [0.05, 0.1) is 5.56 Å². The van der Waals surface area contributed by atoms with Crippen LogP contribution in [0.4, 0.5) is 10.2 Å². The van der Waals surface area contributed by atoms with Gasteiger partial charge in [-0.25, -0.2) is 9.18 Å². The second-order valence-electron chi connectivity index (χ2n) is 5.73. The average Bonchev–Trinajstić information content (AvgIpc) is 3.04. The molecule has 3 rings (SSSR count). The van der Waals surface area contributed by atoms with Crippen LogP contribution in [0.3, 0.4) is 0 Å². The maximum atomic E-state index is 13.2. The van der Waals surface area contributed by atoms with Gasteiger partial charge in [-0.2, -0.15) is 0 Å². The van der Waals surface area contributed by atoms with E-state index in [-0.39, 0.29) is 17.0 Å². The zero-order valence-corrected chi connectivity index (χ0v) is 13.5. The summed E-state index contributed by atoms with van der Waals surface area (Å²) in [5.74, 6) is 0.129. The second kappa shape index (κ2) is 6.20. The lowest BCUT2D eigenvalue weighted by Crippen LogP contribution is -2.38. The molecule has 122 valence electrons. The number of benzene rings is 1. The molecule has 0 radical (unpaired) electrons. The molecule has 1 aliphatic rings. The second-order valence-corrected chi connectivity index (χ2v) is 6.14. The number of nitrogens with one attached hydrogen (secondary N) is 1. The topological polar surface area (TPSA) is 58.1 Å². The minimum Gasteiger partial charge on any atom is -0.358 e. The number of halogens is 2. The van der Waals surface area contributed by atoms with Crippen LogP contribution in [0.2, 0.25) is 5.02 Å². The van der Waals surface area contributed by atoms with Gasteiger partial charge in [0.1, 0.15) is 11.6 Å². The highest BCUT2D eigenvalue weighted by molar-refractivity contribution is 6.31. The van der Waals surface area contributed by atoms with Gasteiger partial charge in [0.2, 0.25) is 0 Å². The van der Waals surface area contributed by atoms with E-state index in [2.05, 4.69) is 4.98 Å². The Labute approximate surface area is 137 Å². The van der Waals surface area contributed by atoms with E-state index in [1.165, 1.54) is 19.2 Å². The number of anilines is 1. The lowest BCUT2D eigenvalue weighted by molar-refractivity contribution is 0.627. The molecule has 0 unspecified atom stereocenters. The summed E-state index contributed by atoms with van der Waals surface area (Å²) in [7, 11) is 1.44. The average molecular weight is 338 g/mol. The van der Waals surface area contributed by atoms with Gasteiger partial charge in [-0.1, -0.05) is 17.7 Å². The van der Waals surface area contributed by atoms with Crippen molar-refractivity contribution < 1.29 is 4.39 Å². The first-order valence-electron chi connectivity index (χ1n) is 7.48. The van der Waals surface area contributed by atoms with Gasteiger partial charge in [0.15, 0.2) is 0 Å². The molecule has 1 aliphatic heterocycles. The summed E-state index contributed by atoms with van der Waals surface area (Å²) in [6, 6.07) is 4.10. The molecule has 2 aromatic rings. The normalized spacial score (nSPS) is 14.5. The standard InChI is InChI=1S/C16H17ClFN3O2/c1-20-15(22)12(8-10-4-5-11(18)9-13(10)17)14(19-16(20)23)21-6-2-3-7-21/h4-5,9H,2-3,6-8H2,1H3,(H,19,23). The Bertz CT molecular complexity index is 853. The molecular formula is C16H17ClFN3O2. The van der Waals surface area contributed by atoms with Crippen molar-refractivity contribution in [1.82, 2.24) is 9.55 Å². The molecule has 1 saturated heterocycles. The largest absolute Gasteiger partial charge is 0.358 e. The fourth-order valence-corrected chi connectivity index (χ4v) is 3.12. The third-order valence-electron chi connectivity index (χ3n) is 4.18. The molecular weight excluding hydrogens is 321 g/mol. The summed E-state index contributed by atoms with van der Waals surface area (Å²) in [6.45, 7) is 1.60. The fourth-order valence-electron chi connectivity index (χ4n) is 2.88. The molecule has 0 atom stereocenters. The van der Waals surface area contributed by atoms with Crippen molar-refractivity contribution in [1.29, 1.82) is 0 Å². The maximum absolute atomic E-state index is 13.2. The molecule has 1 aromatic carbocycles. The molecule has 0 aliphatic carbocycles. The summed E-state index contributed by atoms with van der Waals surface area (Å²) in [6.07, 6.45) is 2.29. The van der Waals surface area contributed by atoms with Crippen LogP contribution in [-0.4, -0.2) is 22.6 Å². The summed E-state index contributed by atoms with van der Waals surface area (Å²) in [5.41, 5.74) is 0.335. The summed E-state index contributed by atoms with van der Waals surface area (Å²) in [5, 5.41) is 0.269. The van der Waals surface area contributed by atoms with E-state index in [1.54, 1.807) is 6.07 Å². The summed E-state index contributed by atoms with van der Waals surface area (Å²) >= 11 is 6.08. The van der Waals surface area contributed by atoms with Crippen molar-refractivity contribution in [3.8, 4) is 0 Å². The van der Waals surface area contributed by atoms with Gasteiger partial charge in [-0.15, -0.1) is 0 Å². The quantitative estimate of drug-likeness (QED) is 0.932. The van der Waals surface area contributed by atoms with Gasteiger partial charge in [0, 0.05) is 31.6 Å². The summed E-state index contributed by atoms with van der Waals surface area (Å²) in [4.78, 5) is 29.3. The van der Waals surface area contributed by atoms with E-state index < -0.39 is 11.5 Å². The van der Waals surface area contributed by atoms with Crippen molar-refractivity contribution in [2.24, 2.45) is 7.05 Å². The zero-order chi connectivity index (χ0) is 16.6. The van der Waals surface area contributed by atoms with E-state index in [4.69, 9.17) is 11.6 Å². The Kier molecular flexibility index (Phi) is 4.26. The van der Waals surface area contributed by atoms with Crippen LogP contribution >= 0.6 is 11.6 Å². The van der Waals surface area contributed by atoms with Crippen molar-refractivity contribution >= 4 is 17.4 Å². The SMILES string of the molecule is Cn1c(=O)[nH]c(N2CCCC2)c(Cc2ccc(F)cc2Cl)c1=O. The number of hydrogen-bond donors (Lipinski definition) is 1. The van der Waals surface area contributed by atoms with E-state index in [0.717, 1.165) is 30.5 Å². The van der Waals surface area contributed by atoms with E-state index >= 15 is 0 Å². The molecule has 1 aromatic heterocycles. The Morgan fingerprint density at radius 2 is 1.96 bits per heavy atom. The Hall–Kier alpha value is -2.08. The smallest absolute Gasteiger partial charge is 0.329 e. The van der Waals surface area contributed by atoms with Crippen LogP contribution in [0.15, 0.2) is 27.8 Å². The number of rotatable bonds is 3. The lowest BCUT2D eigenvalue weighted by Gasteiger charge is -2.21. The third-order valence-corrected chi connectivity index (χ3v) is 4.54. The number of H-pyrrole nitrogens is 1. The van der Waals surface area contributed by atoms with Crippen molar-refractivity contribution in [3.63, 3.8) is 0 Å². The monoisotopic (exact) mass is 337 g/mol. The molecule has 23 heavy (non-hydrogen) atoms. The van der Waals surface area contributed by atoms with Gasteiger partial charge in [0.25, 0.3) is 5.56 Å². The zero-order valence-electron chi connectivity index (χ0n) is 12.7. The fraction of sp³-hybridized carbons (Fsp3) is 0.375. The van der Waals surface area contributed by atoms with Gasteiger partial charge in [-0.3, -0.25) is 14.3 Å². The van der Waals surface area contributed by atoms with Gasteiger partial charge >= 0.3 is 5.69 Å². The molecule has 2 heterocycles. The van der Waals surface area contributed by atoms with Crippen LogP contribution in [0.25, 0.3) is 0 Å². The van der Waals surface area contributed by atoms with Crippen molar-refractivity contribution in [2.45, 2.75) is 19.3 Å². The predicted octanol–water partition coefficient (Wildman–Crippen LogP) is 2.06. The third kappa shape index (κ3) is 3.03. The van der Waals surface area contributed by atoms with Gasteiger partial charge < -0.3 is 4.90 Å². The molecule has 1 N–H and O–H groups in total. The van der Waals surface area contributed by atoms with Crippen molar-refractivity contribution in [3.05, 3.63) is 61.0 Å². The molecule has 5 nitrogen and oxygen atoms in total. The number of hydrogen-bond acceptors (Lipinski definition) is 3. The molecule has 7 heteroatoms. The summed E-state index contributed by atoms with van der Waals surface area (Å²) < 4.78 is 14.2. The molecule has 0 spiro atoms. The molecule has 1 fully saturated rings. The van der Waals surface area contributed by atoms with Crippen LogP contribution in [0, 0.1) is 5.82 Å². The highest BCUT2D eigenvalue weighted by Gasteiger charge is 2.21. The van der Waals surface area contributed by atoms with Crippen LogP contribution in [0.1, 0.15) is 24.0 Å². The minimum absolute atomic E-state index is 0.244. The number of nitrogens with zero attached hydrogens (tertiary/aromatic N) is 2. The predicted molar refractivity (Wildman–Crippen MR) is 88.0 cm³/mol. The lowest BCUT2D eigenvalue weighted by atomic mass is 10.1. The first-order valence-corrected chi connectivity index (χ1v) is 7.86. The molecule has 0 amide bonds. The number of aromatic amines is 1. The maximum Gasteiger partial charge on any atom is 0.329 e. The van der Waals surface area contributed by atoms with Crippen molar-refractivity contribution in [2.75, 3.05) is 18.0 Å². The first-order chi connectivity index (χ1) is 11.0. The number of aromatic nitrogens is 2. The van der Waals surface area contributed by atoms with E-state index in [0.29, 0.717) is 16.9 Å². The minimum atomic E-state index is -0.439. The Morgan fingerprint density at radius 1 is 1.26 bits per heavy atom. The Morgan fingerprint density at radius 3 is 2.61 bits per heavy atom.